The predicted octanol–water partition coefficient (Wildman–Crippen LogP) is 4.97. The van der Waals surface area contributed by atoms with Gasteiger partial charge in [0.15, 0.2) is 5.82 Å². The molecule has 3 heterocycles. The Hall–Kier alpha value is -3.60. The maximum absolute atomic E-state index is 14.8. The molecule has 0 fully saturated rings. The molecule has 0 aliphatic carbocycles. The second-order valence-electron chi connectivity index (χ2n) is 7.70. The van der Waals surface area contributed by atoms with E-state index in [1.165, 1.54) is 41.8 Å². The summed E-state index contributed by atoms with van der Waals surface area (Å²) in [6.07, 6.45) is 6.50. The predicted molar refractivity (Wildman–Crippen MR) is 127 cm³/mol. The Bertz CT molecular complexity index is 1260. The molecule has 3 aromatic heterocycles. The van der Waals surface area contributed by atoms with Gasteiger partial charge in [-0.3, -0.25) is 19.3 Å². The SMILES string of the molecule is COc1cnc(C(C)C(C)SNc2nnc(-c3cncc(C)c3)n2-c2c(F)cccc2F)cn1. The van der Waals surface area contributed by atoms with E-state index < -0.39 is 11.6 Å². The summed E-state index contributed by atoms with van der Waals surface area (Å²) in [5.41, 5.74) is 1.99. The van der Waals surface area contributed by atoms with Crippen molar-refractivity contribution in [3.63, 3.8) is 0 Å². The van der Waals surface area contributed by atoms with E-state index in [1.54, 1.807) is 24.8 Å². The molecule has 176 valence electrons. The van der Waals surface area contributed by atoms with Crippen LogP contribution in [-0.2, 0) is 0 Å². The average Bonchev–Trinajstić information content (AvgIpc) is 3.25. The zero-order valence-electron chi connectivity index (χ0n) is 19.0. The van der Waals surface area contributed by atoms with Crippen molar-refractivity contribution in [1.29, 1.82) is 0 Å². The summed E-state index contributed by atoms with van der Waals surface area (Å²) in [5, 5.41) is 8.40. The first kappa shape index (κ1) is 23.6. The van der Waals surface area contributed by atoms with E-state index in [2.05, 4.69) is 29.9 Å². The molecule has 0 amide bonds. The van der Waals surface area contributed by atoms with Crippen LogP contribution >= 0.6 is 11.9 Å². The third-order valence-electron chi connectivity index (χ3n) is 5.32. The van der Waals surface area contributed by atoms with E-state index in [0.717, 1.165) is 11.3 Å². The monoisotopic (exact) mass is 483 g/mol. The standard InChI is InChI=1S/C23H23F2N7OS/c1-13-8-16(10-26-9-13)22-29-30-23(32(22)21-17(24)6-5-7-18(21)25)31-34-15(3)14(2)19-11-28-20(33-4)12-27-19/h5-12,14-15H,1-4H3,(H,30,31). The number of halogens is 2. The Morgan fingerprint density at radius 3 is 2.44 bits per heavy atom. The minimum Gasteiger partial charge on any atom is -0.480 e. The van der Waals surface area contributed by atoms with Gasteiger partial charge in [-0.15, -0.1) is 10.2 Å². The molecule has 0 saturated carbocycles. The van der Waals surface area contributed by atoms with E-state index >= 15 is 0 Å². The zero-order chi connectivity index (χ0) is 24.2. The van der Waals surface area contributed by atoms with Crippen LogP contribution in [0.4, 0.5) is 14.7 Å². The van der Waals surface area contributed by atoms with Crippen LogP contribution in [0.15, 0.2) is 49.1 Å². The number of rotatable bonds is 8. The molecule has 0 bridgehead atoms. The van der Waals surface area contributed by atoms with Crippen molar-refractivity contribution in [1.82, 2.24) is 29.7 Å². The van der Waals surface area contributed by atoms with Crippen LogP contribution in [0.5, 0.6) is 5.88 Å². The summed E-state index contributed by atoms with van der Waals surface area (Å²) < 4.78 is 39.1. The highest BCUT2D eigenvalue weighted by molar-refractivity contribution is 8.01. The van der Waals surface area contributed by atoms with Crippen LogP contribution in [-0.4, -0.2) is 42.1 Å². The molecule has 0 aliphatic rings. The number of pyridine rings is 1. The molecule has 0 saturated heterocycles. The highest BCUT2D eigenvalue weighted by atomic mass is 32.2. The van der Waals surface area contributed by atoms with E-state index in [9.17, 15) is 8.78 Å². The summed E-state index contributed by atoms with van der Waals surface area (Å²) in [6.45, 7) is 5.89. The largest absolute Gasteiger partial charge is 0.480 e. The van der Waals surface area contributed by atoms with Gasteiger partial charge in [0.05, 0.1) is 25.2 Å². The molecule has 4 rings (SSSR count). The van der Waals surface area contributed by atoms with Gasteiger partial charge in [-0.05, 0) is 42.6 Å². The van der Waals surface area contributed by atoms with Gasteiger partial charge in [0.25, 0.3) is 0 Å². The third kappa shape index (κ3) is 4.84. The first-order chi connectivity index (χ1) is 16.4. The number of hydrogen-bond donors (Lipinski definition) is 1. The fraction of sp³-hybridized carbons (Fsp3) is 0.261. The Balaban J connectivity index is 1.65. The molecule has 0 spiro atoms. The lowest BCUT2D eigenvalue weighted by Crippen LogP contribution is -2.14. The molecule has 1 aromatic carbocycles. The van der Waals surface area contributed by atoms with Crippen LogP contribution in [0, 0.1) is 18.6 Å². The van der Waals surface area contributed by atoms with Gasteiger partial charge in [-0.1, -0.05) is 19.9 Å². The highest BCUT2D eigenvalue weighted by Crippen LogP contribution is 2.32. The first-order valence-corrected chi connectivity index (χ1v) is 11.4. The van der Waals surface area contributed by atoms with Gasteiger partial charge in [0, 0.05) is 29.1 Å². The number of para-hydroxylation sites is 1. The number of aromatic nitrogens is 6. The van der Waals surface area contributed by atoms with Crippen LogP contribution in [0.2, 0.25) is 0 Å². The Labute approximate surface area is 200 Å². The Kier molecular flexibility index (Phi) is 7.01. The van der Waals surface area contributed by atoms with Crippen LogP contribution in [0.1, 0.15) is 31.0 Å². The van der Waals surface area contributed by atoms with Crippen molar-refractivity contribution in [2.75, 3.05) is 11.8 Å². The van der Waals surface area contributed by atoms with E-state index in [0.29, 0.717) is 11.4 Å². The third-order valence-corrected chi connectivity index (χ3v) is 6.40. The lowest BCUT2D eigenvalue weighted by molar-refractivity contribution is 0.394. The summed E-state index contributed by atoms with van der Waals surface area (Å²) in [7, 11) is 1.53. The molecule has 4 aromatic rings. The second-order valence-corrected chi connectivity index (χ2v) is 8.88. The van der Waals surface area contributed by atoms with Crippen LogP contribution < -0.4 is 9.46 Å². The van der Waals surface area contributed by atoms with Crippen molar-refractivity contribution in [2.45, 2.75) is 31.9 Å². The van der Waals surface area contributed by atoms with Crippen LogP contribution in [0.25, 0.3) is 17.1 Å². The Morgan fingerprint density at radius 1 is 1.03 bits per heavy atom. The smallest absolute Gasteiger partial charge is 0.239 e. The lowest BCUT2D eigenvalue weighted by atomic mass is 10.1. The summed E-state index contributed by atoms with van der Waals surface area (Å²) >= 11 is 1.34. The summed E-state index contributed by atoms with van der Waals surface area (Å²) in [5.74, 6) is -0.560. The number of aryl methyl sites for hydroxylation is 1. The number of methoxy groups -OCH3 is 1. The maximum Gasteiger partial charge on any atom is 0.239 e. The van der Waals surface area contributed by atoms with Crippen molar-refractivity contribution in [3.05, 3.63) is 71.9 Å². The second kappa shape index (κ2) is 10.1. The molecular formula is C23H23F2N7OS. The molecule has 34 heavy (non-hydrogen) atoms. The minimum absolute atomic E-state index is 0.00222. The van der Waals surface area contributed by atoms with Gasteiger partial charge in [-0.2, -0.15) is 0 Å². The van der Waals surface area contributed by atoms with Gasteiger partial charge in [-0.25, -0.2) is 13.8 Å². The number of nitrogens with one attached hydrogen (secondary N) is 1. The number of anilines is 1. The van der Waals surface area contributed by atoms with Gasteiger partial charge < -0.3 is 4.74 Å². The van der Waals surface area contributed by atoms with Crippen molar-refractivity contribution in [3.8, 4) is 23.0 Å². The fourth-order valence-electron chi connectivity index (χ4n) is 3.28. The van der Waals surface area contributed by atoms with E-state index in [-0.39, 0.29) is 28.6 Å². The molecule has 1 N–H and O–H groups in total. The van der Waals surface area contributed by atoms with Crippen molar-refractivity contribution < 1.29 is 13.5 Å². The zero-order valence-corrected chi connectivity index (χ0v) is 19.8. The number of hydrogen-bond acceptors (Lipinski definition) is 8. The van der Waals surface area contributed by atoms with E-state index in [1.807, 2.05) is 26.8 Å². The number of ether oxygens (including phenoxy) is 1. The molecule has 8 nitrogen and oxygen atoms in total. The topological polar surface area (TPSA) is 90.6 Å². The van der Waals surface area contributed by atoms with Gasteiger partial charge in [0.1, 0.15) is 17.3 Å². The first-order valence-electron chi connectivity index (χ1n) is 10.5. The van der Waals surface area contributed by atoms with Crippen molar-refractivity contribution >= 4 is 17.9 Å². The number of benzene rings is 1. The summed E-state index contributed by atoms with van der Waals surface area (Å²) in [4.78, 5) is 12.8. The molecular weight excluding hydrogens is 460 g/mol. The number of nitrogens with zero attached hydrogens (tertiary/aromatic N) is 6. The minimum atomic E-state index is -0.732. The molecule has 2 atom stereocenters. The van der Waals surface area contributed by atoms with Crippen molar-refractivity contribution in [2.24, 2.45) is 0 Å². The maximum atomic E-state index is 14.8. The van der Waals surface area contributed by atoms with Crippen LogP contribution in [0.3, 0.4) is 0 Å². The Morgan fingerprint density at radius 2 is 1.79 bits per heavy atom. The highest BCUT2D eigenvalue weighted by Gasteiger charge is 2.24. The average molecular weight is 484 g/mol. The fourth-order valence-corrected chi connectivity index (χ4v) is 4.05. The van der Waals surface area contributed by atoms with Gasteiger partial charge in [0.2, 0.25) is 11.8 Å². The normalized spacial score (nSPS) is 12.9. The quantitative estimate of drug-likeness (QED) is 0.352. The lowest BCUT2D eigenvalue weighted by Gasteiger charge is -2.19. The van der Waals surface area contributed by atoms with Gasteiger partial charge >= 0.3 is 0 Å². The summed E-state index contributed by atoms with van der Waals surface area (Å²) in [6, 6.07) is 5.53. The molecule has 11 heteroatoms. The molecule has 0 aliphatic heterocycles. The molecule has 2 unspecified atom stereocenters. The van der Waals surface area contributed by atoms with E-state index in [4.69, 9.17) is 4.74 Å². The molecule has 0 radical (unpaired) electrons.